The summed E-state index contributed by atoms with van der Waals surface area (Å²) < 4.78 is 0. The Morgan fingerprint density at radius 3 is 2.75 bits per heavy atom. The molecule has 0 radical (unpaired) electrons. The smallest absolute Gasteiger partial charge is 0.110 e. The molecule has 1 unspecified atom stereocenters. The van der Waals surface area contributed by atoms with Crippen molar-refractivity contribution in [1.29, 1.82) is 0 Å². The van der Waals surface area contributed by atoms with Crippen molar-refractivity contribution < 1.29 is 0 Å². The molecule has 1 aromatic heterocycles. The zero-order chi connectivity index (χ0) is 11.4. The molecule has 1 atom stereocenters. The number of thiazole rings is 1. The summed E-state index contributed by atoms with van der Waals surface area (Å²) in [6.45, 7) is 2.18. The predicted octanol–water partition coefficient (Wildman–Crippen LogP) is 3.60. The second-order valence-corrected chi connectivity index (χ2v) is 5.85. The van der Waals surface area contributed by atoms with Crippen molar-refractivity contribution in [2.24, 2.45) is 5.73 Å². The summed E-state index contributed by atoms with van der Waals surface area (Å²) in [5, 5.41) is 1.17. The summed E-state index contributed by atoms with van der Waals surface area (Å²) in [4.78, 5) is 6.28. The van der Waals surface area contributed by atoms with Crippen molar-refractivity contribution >= 4 is 11.3 Å². The number of nitrogens with two attached hydrogens (primary N) is 1. The molecule has 1 aliphatic carbocycles. The zero-order valence-corrected chi connectivity index (χ0v) is 11.0. The van der Waals surface area contributed by atoms with Crippen molar-refractivity contribution in [3.05, 3.63) is 15.6 Å². The van der Waals surface area contributed by atoms with Crippen LogP contribution in [0.2, 0.25) is 0 Å². The first-order valence-corrected chi connectivity index (χ1v) is 7.37. The third kappa shape index (κ3) is 2.83. The Kier molecular flexibility index (Phi) is 4.36. The number of nitrogens with zero attached hydrogens (tertiary/aromatic N) is 1. The van der Waals surface area contributed by atoms with E-state index in [-0.39, 0.29) is 6.04 Å². The molecule has 0 aromatic carbocycles. The largest absolute Gasteiger partial charge is 0.322 e. The number of aromatic nitrogens is 1. The van der Waals surface area contributed by atoms with Gasteiger partial charge in [0.05, 0.1) is 11.7 Å². The Morgan fingerprint density at radius 1 is 1.25 bits per heavy atom. The second kappa shape index (κ2) is 5.78. The minimum absolute atomic E-state index is 0.170. The van der Waals surface area contributed by atoms with E-state index >= 15 is 0 Å². The zero-order valence-electron chi connectivity index (χ0n) is 10.2. The molecule has 3 heteroatoms. The lowest BCUT2D eigenvalue weighted by Crippen LogP contribution is -2.09. The molecule has 16 heavy (non-hydrogen) atoms. The lowest BCUT2D eigenvalue weighted by Gasteiger charge is -2.06. The van der Waals surface area contributed by atoms with E-state index in [4.69, 9.17) is 10.7 Å². The van der Waals surface area contributed by atoms with Gasteiger partial charge in [0, 0.05) is 4.88 Å². The molecular weight excluding hydrogens is 216 g/mol. The summed E-state index contributed by atoms with van der Waals surface area (Å²) in [5.41, 5.74) is 7.50. The van der Waals surface area contributed by atoms with Crippen LogP contribution in [0.25, 0.3) is 0 Å². The Balaban J connectivity index is 2.13. The van der Waals surface area contributed by atoms with Gasteiger partial charge in [0.15, 0.2) is 0 Å². The molecule has 0 spiro atoms. The Labute approximate surface area is 102 Å². The third-order valence-corrected chi connectivity index (χ3v) is 4.57. The van der Waals surface area contributed by atoms with E-state index in [0.717, 1.165) is 12.8 Å². The predicted molar refractivity (Wildman–Crippen MR) is 69.8 cm³/mol. The van der Waals surface area contributed by atoms with Gasteiger partial charge in [-0.15, -0.1) is 11.3 Å². The second-order valence-electron chi connectivity index (χ2n) is 4.73. The molecule has 90 valence electrons. The summed E-state index contributed by atoms with van der Waals surface area (Å²) in [5.74, 6) is 0. The van der Waals surface area contributed by atoms with Gasteiger partial charge in [-0.2, -0.15) is 0 Å². The molecule has 2 nitrogen and oxygen atoms in total. The van der Waals surface area contributed by atoms with E-state index in [1.54, 1.807) is 0 Å². The fourth-order valence-corrected chi connectivity index (χ4v) is 3.51. The summed E-state index contributed by atoms with van der Waals surface area (Å²) in [6, 6.07) is 0.170. The van der Waals surface area contributed by atoms with Gasteiger partial charge in [0.2, 0.25) is 0 Å². The highest BCUT2D eigenvalue weighted by Gasteiger charge is 2.16. The molecule has 2 N–H and O–H groups in total. The van der Waals surface area contributed by atoms with Gasteiger partial charge >= 0.3 is 0 Å². The quantitative estimate of drug-likeness (QED) is 0.874. The standard InChI is InChI=1S/C13H22N2S/c1-2-7-10(14)13-15-11-8-5-3-4-6-9-12(11)16-13/h10H,2-9,14H2,1H3. The number of aryl methyl sites for hydroxylation is 2. The highest BCUT2D eigenvalue weighted by Crippen LogP contribution is 2.29. The number of fused-ring (bicyclic) bond motifs is 1. The maximum absolute atomic E-state index is 6.14. The lowest BCUT2D eigenvalue weighted by molar-refractivity contribution is 0.607. The number of rotatable bonds is 3. The summed E-state index contributed by atoms with van der Waals surface area (Å²) in [6.07, 6.45) is 9.99. The van der Waals surface area contributed by atoms with Crippen LogP contribution >= 0.6 is 11.3 Å². The van der Waals surface area contributed by atoms with Gasteiger partial charge in [-0.25, -0.2) is 4.98 Å². The topological polar surface area (TPSA) is 38.9 Å². The van der Waals surface area contributed by atoms with E-state index in [1.807, 2.05) is 11.3 Å². The lowest BCUT2D eigenvalue weighted by atomic mass is 10.0. The molecule has 0 saturated carbocycles. The van der Waals surface area contributed by atoms with Crippen LogP contribution in [0.5, 0.6) is 0 Å². The first-order valence-electron chi connectivity index (χ1n) is 6.55. The summed E-state index contributed by atoms with van der Waals surface area (Å²) >= 11 is 1.87. The monoisotopic (exact) mass is 238 g/mol. The SMILES string of the molecule is CCCC(N)c1nc2c(s1)CCCCCC2. The van der Waals surface area contributed by atoms with Crippen LogP contribution in [0.3, 0.4) is 0 Å². The average molecular weight is 238 g/mol. The van der Waals surface area contributed by atoms with Gasteiger partial charge in [-0.05, 0) is 32.1 Å². The molecule has 0 amide bonds. The first-order chi connectivity index (χ1) is 7.81. The van der Waals surface area contributed by atoms with Crippen LogP contribution in [-0.4, -0.2) is 4.98 Å². The number of hydrogen-bond acceptors (Lipinski definition) is 3. The third-order valence-electron chi connectivity index (χ3n) is 3.28. The fraction of sp³-hybridized carbons (Fsp3) is 0.769. The van der Waals surface area contributed by atoms with Crippen molar-refractivity contribution in [2.75, 3.05) is 0 Å². The van der Waals surface area contributed by atoms with E-state index in [9.17, 15) is 0 Å². The molecule has 0 fully saturated rings. The minimum atomic E-state index is 0.170. The first kappa shape index (κ1) is 12.1. The van der Waals surface area contributed by atoms with E-state index in [2.05, 4.69) is 6.92 Å². The van der Waals surface area contributed by atoms with Gasteiger partial charge in [0.25, 0.3) is 0 Å². The molecule has 0 saturated heterocycles. The maximum Gasteiger partial charge on any atom is 0.110 e. The minimum Gasteiger partial charge on any atom is -0.322 e. The fourth-order valence-electron chi connectivity index (χ4n) is 2.32. The van der Waals surface area contributed by atoms with Gasteiger partial charge in [-0.1, -0.05) is 26.2 Å². The van der Waals surface area contributed by atoms with Crippen LogP contribution in [-0.2, 0) is 12.8 Å². The van der Waals surface area contributed by atoms with Gasteiger partial charge < -0.3 is 5.73 Å². The Morgan fingerprint density at radius 2 is 2.00 bits per heavy atom. The van der Waals surface area contributed by atoms with Crippen LogP contribution in [0.1, 0.15) is 67.1 Å². The van der Waals surface area contributed by atoms with Crippen LogP contribution in [0, 0.1) is 0 Å². The van der Waals surface area contributed by atoms with Gasteiger partial charge in [0.1, 0.15) is 5.01 Å². The van der Waals surface area contributed by atoms with Crippen LogP contribution < -0.4 is 5.73 Å². The van der Waals surface area contributed by atoms with Crippen LogP contribution in [0.4, 0.5) is 0 Å². The van der Waals surface area contributed by atoms with Crippen molar-refractivity contribution in [3.8, 4) is 0 Å². The molecule has 2 rings (SSSR count). The summed E-state index contributed by atoms with van der Waals surface area (Å²) in [7, 11) is 0. The number of hydrogen-bond donors (Lipinski definition) is 1. The normalized spacial score (nSPS) is 18.6. The molecule has 1 heterocycles. The highest BCUT2D eigenvalue weighted by molar-refractivity contribution is 7.11. The van der Waals surface area contributed by atoms with Crippen molar-refractivity contribution in [3.63, 3.8) is 0 Å². The Hall–Kier alpha value is -0.410. The van der Waals surface area contributed by atoms with Crippen molar-refractivity contribution in [1.82, 2.24) is 4.98 Å². The van der Waals surface area contributed by atoms with E-state index in [0.29, 0.717) is 0 Å². The molecule has 1 aromatic rings. The molecule has 0 bridgehead atoms. The molecule has 1 aliphatic rings. The van der Waals surface area contributed by atoms with Crippen molar-refractivity contribution in [2.45, 2.75) is 64.3 Å². The maximum atomic E-state index is 6.14. The van der Waals surface area contributed by atoms with Crippen LogP contribution in [0.15, 0.2) is 0 Å². The molecular formula is C13H22N2S. The van der Waals surface area contributed by atoms with Gasteiger partial charge in [-0.3, -0.25) is 0 Å². The highest BCUT2D eigenvalue weighted by atomic mass is 32.1. The molecule has 0 aliphatic heterocycles. The average Bonchev–Trinajstić information content (AvgIpc) is 2.61. The van der Waals surface area contributed by atoms with E-state index in [1.165, 1.54) is 54.1 Å². The van der Waals surface area contributed by atoms with E-state index < -0.39 is 0 Å². The Bertz CT molecular complexity index is 307.